The molecule has 0 atom stereocenters. The van der Waals surface area contributed by atoms with Crippen LogP contribution in [0.1, 0.15) is 27.0 Å². The van der Waals surface area contributed by atoms with Crippen LogP contribution in [-0.2, 0) is 17.5 Å². The summed E-state index contributed by atoms with van der Waals surface area (Å²) in [6, 6.07) is 14.4. The lowest BCUT2D eigenvalue weighted by Crippen LogP contribution is -2.66. The topological polar surface area (TPSA) is 111 Å². The highest BCUT2D eigenvalue weighted by Gasteiger charge is 2.49. The van der Waals surface area contributed by atoms with E-state index in [2.05, 4.69) is 26.2 Å². The number of rotatable bonds is 4. The van der Waals surface area contributed by atoms with Crippen LogP contribution in [0.25, 0.3) is 22.5 Å². The van der Waals surface area contributed by atoms with E-state index in [-0.39, 0.29) is 28.9 Å². The molecule has 4 aromatic rings. The van der Waals surface area contributed by atoms with Crippen molar-refractivity contribution in [2.45, 2.75) is 12.7 Å². The summed E-state index contributed by atoms with van der Waals surface area (Å²) in [5, 5.41) is 16.4. The number of hydrogen-bond acceptors (Lipinski definition) is 7. The second-order valence-corrected chi connectivity index (χ2v) is 10.3. The molecule has 0 unspecified atom stereocenters. The summed E-state index contributed by atoms with van der Waals surface area (Å²) < 4.78 is 46.7. The zero-order chi connectivity index (χ0) is 27.6. The fourth-order valence-corrected chi connectivity index (χ4v) is 5.63. The molecule has 1 N–H and O–H groups in total. The van der Waals surface area contributed by atoms with Gasteiger partial charge in [-0.3, -0.25) is 14.8 Å². The third kappa shape index (κ3) is 3.81. The molecule has 1 amide bonds. The number of halogens is 3. The Morgan fingerprint density at radius 2 is 1.82 bits per heavy atom. The van der Waals surface area contributed by atoms with E-state index < -0.39 is 17.6 Å². The van der Waals surface area contributed by atoms with Crippen molar-refractivity contribution in [1.82, 2.24) is 20.2 Å². The molecule has 0 bridgehead atoms. The van der Waals surface area contributed by atoms with Crippen molar-refractivity contribution in [3.8, 4) is 28.6 Å². The molecule has 12 heteroatoms. The first-order chi connectivity index (χ1) is 19.2. The number of fused-ring (bicyclic) bond motifs is 1. The Bertz CT molecular complexity index is 1700. The van der Waals surface area contributed by atoms with Crippen LogP contribution in [0.4, 0.5) is 24.8 Å². The Morgan fingerprint density at radius 3 is 2.50 bits per heavy atom. The number of nitrogens with one attached hydrogen (secondary N) is 1. The Balaban J connectivity index is 1.36. The van der Waals surface area contributed by atoms with Crippen LogP contribution in [0, 0.1) is 16.7 Å². The highest BCUT2D eigenvalue weighted by Crippen LogP contribution is 2.43. The number of aromatic amines is 1. The lowest BCUT2D eigenvalue weighted by Gasteiger charge is -2.55. The van der Waals surface area contributed by atoms with E-state index in [1.807, 2.05) is 6.07 Å². The largest absolute Gasteiger partial charge is 0.416 e. The Kier molecular flexibility index (Phi) is 5.24. The Hall–Kier alpha value is -4.76. The van der Waals surface area contributed by atoms with Crippen LogP contribution in [-0.4, -0.2) is 52.4 Å². The summed E-state index contributed by atoms with van der Waals surface area (Å²) >= 11 is 0. The Labute approximate surface area is 225 Å². The fourth-order valence-electron chi connectivity index (χ4n) is 5.63. The van der Waals surface area contributed by atoms with Crippen LogP contribution in [0.15, 0.2) is 54.9 Å². The number of aromatic nitrogens is 4. The van der Waals surface area contributed by atoms with Gasteiger partial charge in [0.2, 0.25) is 0 Å². The molecule has 7 rings (SSSR count). The number of nitriles is 1. The number of anilines is 2. The summed E-state index contributed by atoms with van der Waals surface area (Å²) in [6.07, 6.45) is -3.22. The number of carbonyl (C=O) groups excluding carboxylic acids is 1. The van der Waals surface area contributed by atoms with Gasteiger partial charge in [-0.1, -0.05) is 6.07 Å². The summed E-state index contributed by atoms with van der Waals surface area (Å²) in [5.41, 5.74) is 1.53. The maximum atomic E-state index is 13.8. The zero-order valence-corrected chi connectivity index (χ0v) is 20.9. The van der Waals surface area contributed by atoms with Crippen molar-refractivity contribution in [2.24, 2.45) is 5.41 Å². The number of benzene rings is 2. The third-order valence-corrected chi connectivity index (χ3v) is 7.67. The number of ether oxygens (including phenoxy) is 1. The van der Waals surface area contributed by atoms with Crippen LogP contribution < -0.4 is 9.80 Å². The van der Waals surface area contributed by atoms with E-state index in [9.17, 15) is 23.2 Å². The molecule has 3 aliphatic heterocycles. The molecule has 200 valence electrons. The van der Waals surface area contributed by atoms with E-state index in [0.29, 0.717) is 60.2 Å². The van der Waals surface area contributed by atoms with Crippen molar-refractivity contribution < 1.29 is 22.7 Å². The second kappa shape index (κ2) is 8.62. The van der Waals surface area contributed by atoms with Gasteiger partial charge < -0.3 is 9.64 Å². The predicted octanol–water partition coefficient (Wildman–Crippen LogP) is 4.42. The van der Waals surface area contributed by atoms with Gasteiger partial charge in [-0.25, -0.2) is 9.97 Å². The van der Waals surface area contributed by atoms with Gasteiger partial charge in [0.15, 0.2) is 5.82 Å². The molecule has 40 heavy (non-hydrogen) atoms. The third-order valence-electron chi connectivity index (χ3n) is 7.67. The Morgan fingerprint density at radius 1 is 1.02 bits per heavy atom. The maximum Gasteiger partial charge on any atom is 0.416 e. The lowest BCUT2D eigenvalue weighted by atomic mass is 9.78. The van der Waals surface area contributed by atoms with Gasteiger partial charge in [-0.05, 0) is 59.2 Å². The lowest BCUT2D eigenvalue weighted by molar-refractivity contribution is -0.138. The van der Waals surface area contributed by atoms with E-state index in [4.69, 9.17) is 9.72 Å². The van der Waals surface area contributed by atoms with Gasteiger partial charge in [0.25, 0.3) is 5.91 Å². The standard InChI is InChI=1S/C28H20F3N7O2/c29-28(30,31)22-3-1-2-19-21(22)10-38(26(19)39)24-8-17(7-23(35-24)37-11-27(12-37)13-40-14-27)20-6-16(9-32)4-5-18(20)25-33-15-34-36-25/h1-8,15H,10-14H2,(H,33,34,36). The number of hydrogen-bond donors (Lipinski definition) is 1. The van der Waals surface area contributed by atoms with Crippen molar-refractivity contribution in [1.29, 1.82) is 5.26 Å². The first-order valence-corrected chi connectivity index (χ1v) is 12.5. The first-order valence-electron chi connectivity index (χ1n) is 12.5. The molecule has 3 aliphatic rings. The van der Waals surface area contributed by atoms with Crippen LogP contribution in [0.2, 0.25) is 0 Å². The summed E-state index contributed by atoms with van der Waals surface area (Å²) in [5.74, 6) is 0.730. The average Bonchev–Trinajstić information content (AvgIpc) is 3.54. The minimum Gasteiger partial charge on any atom is -0.380 e. The van der Waals surface area contributed by atoms with Gasteiger partial charge in [0.05, 0.1) is 42.4 Å². The van der Waals surface area contributed by atoms with Gasteiger partial charge >= 0.3 is 6.18 Å². The zero-order valence-electron chi connectivity index (χ0n) is 20.9. The first kappa shape index (κ1) is 24.3. The van der Waals surface area contributed by atoms with E-state index in [0.717, 1.165) is 6.07 Å². The van der Waals surface area contributed by atoms with Gasteiger partial charge in [0.1, 0.15) is 18.0 Å². The smallest absolute Gasteiger partial charge is 0.380 e. The normalized spacial score (nSPS) is 17.4. The van der Waals surface area contributed by atoms with Crippen LogP contribution >= 0.6 is 0 Å². The average molecular weight is 544 g/mol. The summed E-state index contributed by atoms with van der Waals surface area (Å²) in [6.45, 7) is 2.49. The molecule has 5 heterocycles. The minimum absolute atomic E-state index is 0.00641. The number of nitrogens with zero attached hydrogens (tertiary/aromatic N) is 6. The highest BCUT2D eigenvalue weighted by molar-refractivity contribution is 6.10. The van der Waals surface area contributed by atoms with Gasteiger partial charge in [-0.2, -0.15) is 23.5 Å². The van der Waals surface area contributed by atoms with Gasteiger partial charge in [0, 0.05) is 24.2 Å². The number of H-pyrrole nitrogens is 1. The summed E-state index contributed by atoms with van der Waals surface area (Å²) in [4.78, 5) is 25.8. The minimum atomic E-state index is -4.59. The summed E-state index contributed by atoms with van der Waals surface area (Å²) in [7, 11) is 0. The number of carbonyl (C=O) groups is 1. The van der Waals surface area contributed by atoms with E-state index >= 15 is 0 Å². The van der Waals surface area contributed by atoms with Crippen molar-refractivity contribution >= 4 is 17.5 Å². The number of pyridine rings is 1. The predicted molar refractivity (Wildman–Crippen MR) is 137 cm³/mol. The molecule has 2 fully saturated rings. The monoisotopic (exact) mass is 543 g/mol. The second-order valence-electron chi connectivity index (χ2n) is 10.3. The number of alkyl halides is 3. The molecular formula is C28H20F3N7O2. The van der Waals surface area contributed by atoms with Crippen molar-refractivity contribution in [3.05, 3.63) is 77.1 Å². The molecule has 2 aromatic carbocycles. The molecule has 2 aromatic heterocycles. The molecule has 0 saturated carbocycles. The quantitative estimate of drug-likeness (QED) is 0.406. The molecule has 1 spiro atoms. The molecular weight excluding hydrogens is 523 g/mol. The van der Waals surface area contributed by atoms with E-state index in [1.165, 1.54) is 23.4 Å². The molecule has 0 radical (unpaired) electrons. The molecule has 2 saturated heterocycles. The van der Waals surface area contributed by atoms with Crippen molar-refractivity contribution in [3.63, 3.8) is 0 Å². The van der Waals surface area contributed by atoms with Crippen LogP contribution in [0.5, 0.6) is 0 Å². The maximum absolute atomic E-state index is 13.8. The number of amides is 1. The SMILES string of the molecule is N#Cc1ccc(-c2ncn[nH]2)c(-c2cc(N3CC4(COC4)C3)nc(N3Cc4c(cccc4C(F)(F)F)C3=O)c2)c1. The van der Waals surface area contributed by atoms with Gasteiger partial charge in [-0.15, -0.1) is 0 Å². The van der Waals surface area contributed by atoms with E-state index in [1.54, 1.807) is 24.3 Å². The van der Waals surface area contributed by atoms with Crippen molar-refractivity contribution in [2.75, 3.05) is 36.1 Å². The molecule has 0 aliphatic carbocycles. The fraction of sp³-hybridized carbons (Fsp3) is 0.250. The molecule has 9 nitrogen and oxygen atoms in total. The highest BCUT2D eigenvalue weighted by atomic mass is 19.4. The van der Waals surface area contributed by atoms with Crippen LogP contribution in [0.3, 0.4) is 0 Å².